The average Bonchev–Trinajstić information content (AvgIpc) is 2.57. The Morgan fingerprint density at radius 1 is 1.33 bits per heavy atom. The summed E-state index contributed by atoms with van der Waals surface area (Å²) < 4.78 is 1.31. The van der Waals surface area contributed by atoms with Gasteiger partial charge in [-0.3, -0.25) is 14.4 Å². The molecule has 2 N–H and O–H groups in total. The van der Waals surface area contributed by atoms with Crippen molar-refractivity contribution >= 4 is 5.91 Å². The molecule has 2 heterocycles. The molecule has 2 aromatic heterocycles. The van der Waals surface area contributed by atoms with E-state index in [2.05, 4.69) is 15.4 Å². The molecule has 0 radical (unpaired) electrons. The van der Waals surface area contributed by atoms with Crippen LogP contribution in [0.5, 0.6) is 0 Å². The number of rotatable bonds is 4. The number of aromatic nitrogens is 3. The predicted octanol–water partition coefficient (Wildman–Crippen LogP) is 1.15. The van der Waals surface area contributed by atoms with Crippen molar-refractivity contribution in [2.45, 2.75) is 45.2 Å². The molecule has 0 spiro atoms. The van der Waals surface area contributed by atoms with Gasteiger partial charge in [-0.25, -0.2) is 4.68 Å². The SMILES string of the molecule is CCCn1nc(C(=O)NC2CCCc3[nH]c(=O)ccc32)ccc1=O. The van der Waals surface area contributed by atoms with Crippen molar-refractivity contribution in [1.29, 1.82) is 0 Å². The van der Waals surface area contributed by atoms with Crippen LogP contribution in [0.25, 0.3) is 0 Å². The lowest BCUT2D eigenvalue weighted by Crippen LogP contribution is -2.34. The second-order valence-corrected chi connectivity index (χ2v) is 5.95. The molecule has 3 rings (SSSR count). The van der Waals surface area contributed by atoms with Crippen LogP contribution in [0.4, 0.5) is 0 Å². The highest BCUT2D eigenvalue weighted by Gasteiger charge is 2.23. The minimum atomic E-state index is -0.316. The van der Waals surface area contributed by atoms with Gasteiger partial charge in [0.15, 0.2) is 0 Å². The topological polar surface area (TPSA) is 96.8 Å². The number of nitrogens with one attached hydrogen (secondary N) is 2. The Kier molecular flexibility index (Phi) is 4.59. The number of carbonyl (C=O) groups is 1. The number of pyridine rings is 1. The van der Waals surface area contributed by atoms with Crippen molar-refractivity contribution in [1.82, 2.24) is 20.1 Å². The molecule has 24 heavy (non-hydrogen) atoms. The highest BCUT2D eigenvalue weighted by molar-refractivity contribution is 5.92. The number of aryl methyl sites for hydroxylation is 2. The number of hydrogen-bond acceptors (Lipinski definition) is 4. The van der Waals surface area contributed by atoms with Crippen LogP contribution in [0.1, 0.15) is 54.0 Å². The fourth-order valence-corrected chi connectivity index (χ4v) is 3.02. The van der Waals surface area contributed by atoms with Crippen LogP contribution in [0.2, 0.25) is 0 Å². The molecule has 0 bridgehead atoms. The van der Waals surface area contributed by atoms with Gasteiger partial charge in [0.1, 0.15) is 5.69 Å². The smallest absolute Gasteiger partial charge is 0.272 e. The molecule has 1 atom stereocenters. The van der Waals surface area contributed by atoms with Crippen LogP contribution in [-0.2, 0) is 13.0 Å². The van der Waals surface area contributed by atoms with E-state index in [0.29, 0.717) is 6.54 Å². The van der Waals surface area contributed by atoms with Crippen molar-refractivity contribution in [2.24, 2.45) is 0 Å². The highest BCUT2D eigenvalue weighted by atomic mass is 16.2. The lowest BCUT2D eigenvalue weighted by molar-refractivity contribution is 0.0925. The third-order valence-corrected chi connectivity index (χ3v) is 4.17. The van der Waals surface area contributed by atoms with Crippen LogP contribution in [-0.4, -0.2) is 20.7 Å². The van der Waals surface area contributed by atoms with E-state index in [1.165, 1.54) is 22.9 Å². The number of carbonyl (C=O) groups excluding carboxylic acids is 1. The lowest BCUT2D eigenvalue weighted by Gasteiger charge is -2.25. The summed E-state index contributed by atoms with van der Waals surface area (Å²) in [7, 11) is 0. The second kappa shape index (κ2) is 6.82. The average molecular weight is 328 g/mol. The van der Waals surface area contributed by atoms with Crippen LogP contribution in [0.3, 0.4) is 0 Å². The van der Waals surface area contributed by atoms with Crippen LogP contribution in [0, 0.1) is 0 Å². The third-order valence-electron chi connectivity index (χ3n) is 4.17. The fourth-order valence-electron chi connectivity index (χ4n) is 3.02. The van der Waals surface area contributed by atoms with Crippen molar-refractivity contribution in [3.63, 3.8) is 0 Å². The maximum absolute atomic E-state index is 12.5. The van der Waals surface area contributed by atoms with Gasteiger partial charge in [-0.15, -0.1) is 0 Å². The first-order chi connectivity index (χ1) is 11.6. The van der Waals surface area contributed by atoms with Gasteiger partial charge < -0.3 is 10.3 Å². The standard InChI is InChI=1S/C17H20N4O3/c1-2-10-21-16(23)9-7-14(20-21)17(24)19-13-5-3-4-12-11(13)6-8-15(22)18-12/h6-9,13H,2-5,10H2,1H3,(H,18,22)(H,19,24). The zero-order chi connectivity index (χ0) is 17.1. The van der Waals surface area contributed by atoms with E-state index < -0.39 is 0 Å². The minimum Gasteiger partial charge on any atom is -0.344 e. The van der Waals surface area contributed by atoms with Crippen LogP contribution >= 0.6 is 0 Å². The molecule has 1 unspecified atom stereocenters. The van der Waals surface area contributed by atoms with E-state index in [0.717, 1.165) is 36.9 Å². The highest BCUT2D eigenvalue weighted by Crippen LogP contribution is 2.27. The Balaban J connectivity index is 1.82. The number of fused-ring (bicyclic) bond motifs is 1. The van der Waals surface area contributed by atoms with Gasteiger partial charge in [0.25, 0.3) is 11.5 Å². The Morgan fingerprint density at radius 3 is 2.96 bits per heavy atom. The first kappa shape index (κ1) is 16.2. The summed E-state index contributed by atoms with van der Waals surface area (Å²) in [6.07, 6.45) is 3.26. The number of nitrogens with zero attached hydrogens (tertiary/aromatic N) is 2. The van der Waals surface area contributed by atoms with Crippen molar-refractivity contribution in [3.05, 3.63) is 61.9 Å². The van der Waals surface area contributed by atoms with Crippen molar-refractivity contribution < 1.29 is 4.79 Å². The van der Waals surface area contributed by atoms with E-state index >= 15 is 0 Å². The normalized spacial score (nSPS) is 16.5. The van der Waals surface area contributed by atoms with E-state index in [4.69, 9.17) is 0 Å². The largest absolute Gasteiger partial charge is 0.344 e. The quantitative estimate of drug-likeness (QED) is 0.880. The lowest BCUT2D eigenvalue weighted by atomic mass is 9.91. The number of H-pyrrole nitrogens is 1. The molecule has 7 nitrogen and oxygen atoms in total. The van der Waals surface area contributed by atoms with Crippen LogP contribution < -0.4 is 16.4 Å². The number of aromatic amines is 1. The molecule has 126 valence electrons. The molecule has 0 saturated heterocycles. The summed E-state index contributed by atoms with van der Waals surface area (Å²) in [5, 5.41) is 7.09. The Hall–Kier alpha value is -2.70. The Morgan fingerprint density at radius 2 is 2.17 bits per heavy atom. The monoisotopic (exact) mass is 328 g/mol. The van der Waals surface area contributed by atoms with E-state index in [1.807, 2.05) is 6.92 Å². The molecule has 2 aromatic rings. The Bertz CT molecular complexity index is 869. The third kappa shape index (κ3) is 3.29. The van der Waals surface area contributed by atoms with Crippen LogP contribution in [0.15, 0.2) is 33.9 Å². The summed E-state index contributed by atoms with van der Waals surface area (Å²) >= 11 is 0. The number of hydrogen-bond donors (Lipinski definition) is 2. The molecule has 0 saturated carbocycles. The Labute approximate surface area is 138 Å². The predicted molar refractivity (Wildman–Crippen MR) is 89.0 cm³/mol. The molecule has 1 aliphatic carbocycles. The van der Waals surface area contributed by atoms with Crippen molar-refractivity contribution in [3.8, 4) is 0 Å². The van der Waals surface area contributed by atoms with E-state index in [-0.39, 0.29) is 28.8 Å². The molecule has 1 amide bonds. The number of amides is 1. The minimum absolute atomic E-state index is 0.131. The molecule has 1 aliphatic rings. The summed E-state index contributed by atoms with van der Waals surface area (Å²) in [4.78, 5) is 38.5. The van der Waals surface area contributed by atoms with Gasteiger partial charge >= 0.3 is 0 Å². The van der Waals surface area contributed by atoms with Gasteiger partial charge in [-0.1, -0.05) is 6.92 Å². The van der Waals surface area contributed by atoms with E-state index in [1.54, 1.807) is 6.07 Å². The molecule has 0 aromatic carbocycles. The van der Waals surface area contributed by atoms with Crippen molar-refractivity contribution in [2.75, 3.05) is 0 Å². The molecule has 0 fully saturated rings. The maximum Gasteiger partial charge on any atom is 0.272 e. The first-order valence-corrected chi connectivity index (χ1v) is 8.19. The zero-order valence-corrected chi connectivity index (χ0v) is 13.5. The summed E-state index contributed by atoms with van der Waals surface area (Å²) in [5.74, 6) is -0.316. The second-order valence-electron chi connectivity index (χ2n) is 5.95. The fraction of sp³-hybridized carbons (Fsp3) is 0.412. The summed E-state index contributed by atoms with van der Waals surface area (Å²) in [5.41, 5.74) is 1.70. The van der Waals surface area contributed by atoms with Gasteiger partial charge in [0, 0.05) is 24.4 Å². The summed E-state index contributed by atoms with van der Waals surface area (Å²) in [6, 6.07) is 5.89. The molecular formula is C17H20N4O3. The maximum atomic E-state index is 12.5. The zero-order valence-electron chi connectivity index (χ0n) is 13.5. The van der Waals surface area contributed by atoms with Gasteiger partial charge in [-0.05, 0) is 43.4 Å². The van der Waals surface area contributed by atoms with Gasteiger partial charge in [0.05, 0.1) is 6.04 Å². The molecule has 7 heteroatoms. The molecular weight excluding hydrogens is 308 g/mol. The summed E-state index contributed by atoms with van der Waals surface area (Å²) in [6.45, 7) is 2.42. The first-order valence-electron chi connectivity index (χ1n) is 8.19. The molecule has 0 aliphatic heterocycles. The van der Waals surface area contributed by atoms with E-state index in [9.17, 15) is 14.4 Å². The van der Waals surface area contributed by atoms with Gasteiger partial charge in [0.2, 0.25) is 5.56 Å². The van der Waals surface area contributed by atoms with Gasteiger partial charge in [-0.2, -0.15) is 5.10 Å².